The lowest BCUT2D eigenvalue weighted by molar-refractivity contribution is -0.00749. The number of aliphatic hydroxyl groups excluding tert-OH is 1. The number of aliphatic hydroxyl groups is 1. The van der Waals surface area contributed by atoms with Gasteiger partial charge in [-0.2, -0.15) is 0 Å². The summed E-state index contributed by atoms with van der Waals surface area (Å²) >= 11 is 0. The number of hydrogen-bond donors (Lipinski definition) is 3. The molecule has 0 bridgehead atoms. The van der Waals surface area contributed by atoms with Gasteiger partial charge in [-0.1, -0.05) is 12.2 Å². The van der Waals surface area contributed by atoms with Crippen LogP contribution in [0.4, 0.5) is 0 Å². The van der Waals surface area contributed by atoms with Gasteiger partial charge in [-0.05, 0) is 6.42 Å². The summed E-state index contributed by atoms with van der Waals surface area (Å²) in [5, 5.41) is 16.6. The normalized spacial score (nSPS) is 11.1. The molecule has 0 amide bonds. The number of hydrogen-bond acceptors (Lipinski definition) is 5. The van der Waals surface area contributed by atoms with Crippen LogP contribution in [0.2, 0.25) is 0 Å². The van der Waals surface area contributed by atoms with Crippen molar-refractivity contribution < 1.29 is 5.11 Å². The van der Waals surface area contributed by atoms with Crippen molar-refractivity contribution in [1.82, 2.24) is 15.3 Å². The van der Waals surface area contributed by atoms with E-state index in [1.807, 2.05) is 12.2 Å². The predicted octanol–water partition coefficient (Wildman–Crippen LogP) is -0.192. The number of hydrazine groups is 1. The van der Waals surface area contributed by atoms with Crippen LogP contribution in [0.3, 0.4) is 0 Å². The van der Waals surface area contributed by atoms with Crippen molar-refractivity contribution in [3.8, 4) is 0 Å². The lowest BCUT2D eigenvalue weighted by atomic mass is 10.4. The highest BCUT2D eigenvalue weighted by atomic mass is 16.3. The standard InChI is InChI=1S/C13H28N4O/c1-3-9-16(10-4-2)17(11-5-13-18)12-8-15-7-6-14/h3-4,15,18H,1-2,5-14H2. The molecule has 0 rings (SSSR count). The highest BCUT2D eigenvalue weighted by molar-refractivity contribution is 4.79. The Hall–Kier alpha value is -0.720. The van der Waals surface area contributed by atoms with Gasteiger partial charge < -0.3 is 16.2 Å². The molecule has 0 saturated heterocycles. The highest BCUT2D eigenvalue weighted by Crippen LogP contribution is 2.00. The minimum absolute atomic E-state index is 0.211. The molecule has 0 fully saturated rings. The van der Waals surface area contributed by atoms with Crippen molar-refractivity contribution in [3.63, 3.8) is 0 Å². The second kappa shape index (κ2) is 12.7. The minimum Gasteiger partial charge on any atom is -0.396 e. The average molecular weight is 256 g/mol. The van der Waals surface area contributed by atoms with Gasteiger partial charge in [0.2, 0.25) is 0 Å². The van der Waals surface area contributed by atoms with Crippen molar-refractivity contribution in [2.75, 3.05) is 52.4 Å². The third-order valence-corrected chi connectivity index (χ3v) is 2.52. The Kier molecular flexibility index (Phi) is 12.2. The molecule has 0 heterocycles. The molecule has 4 N–H and O–H groups in total. The molecule has 0 aliphatic heterocycles. The first-order valence-electron chi connectivity index (χ1n) is 6.53. The van der Waals surface area contributed by atoms with Gasteiger partial charge in [-0.15, -0.1) is 13.2 Å². The summed E-state index contributed by atoms with van der Waals surface area (Å²) in [7, 11) is 0. The number of nitrogens with one attached hydrogen (secondary N) is 1. The van der Waals surface area contributed by atoms with Crippen LogP contribution in [-0.4, -0.2) is 67.5 Å². The van der Waals surface area contributed by atoms with Crippen molar-refractivity contribution in [1.29, 1.82) is 0 Å². The molecule has 106 valence electrons. The Bertz CT molecular complexity index is 201. The highest BCUT2D eigenvalue weighted by Gasteiger charge is 2.11. The molecule has 5 nitrogen and oxygen atoms in total. The largest absolute Gasteiger partial charge is 0.396 e. The monoisotopic (exact) mass is 256 g/mol. The summed E-state index contributed by atoms with van der Waals surface area (Å²) in [5.41, 5.74) is 5.43. The zero-order valence-corrected chi connectivity index (χ0v) is 11.4. The smallest absolute Gasteiger partial charge is 0.0443 e. The Morgan fingerprint density at radius 2 is 1.72 bits per heavy atom. The third-order valence-electron chi connectivity index (χ3n) is 2.52. The molecule has 0 aliphatic rings. The maximum absolute atomic E-state index is 8.95. The maximum atomic E-state index is 8.95. The summed E-state index contributed by atoms with van der Waals surface area (Å²) in [5.74, 6) is 0. The summed E-state index contributed by atoms with van der Waals surface area (Å²) in [6.45, 7) is 13.4. The molecule has 0 aromatic heterocycles. The van der Waals surface area contributed by atoms with Crippen LogP contribution in [0.25, 0.3) is 0 Å². The fraction of sp³-hybridized carbons (Fsp3) is 0.692. The molecule has 0 radical (unpaired) electrons. The topological polar surface area (TPSA) is 64.8 Å². The van der Waals surface area contributed by atoms with E-state index in [-0.39, 0.29) is 6.61 Å². The number of nitrogens with zero attached hydrogens (tertiary/aromatic N) is 2. The summed E-state index contributed by atoms with van der Waals surface area (Å²) in [6.07, 6.45) is 4.52. The molecule has 0 aromatic rings. The Balaban J connectivity index is 4.21. The Labute approximate surface area is 111 Å². The quantitative estimate of drug-likeness (QED) is 0.242. The molecule has 0 saturated carbocycles. The lowest BCUT2D eigenvalue weighted by Gasteiger charge is -2.33. The van der Waals surface area contributed by atoms with Gasteiger partial charge in [0, 0.05) is 52.4 Å². The van der Waals surface area contributed by atoms with E-state index in [9.17, 15) is 0 Å². The van der Waals surface area contributed by atoms with E-state index in [2.05, 4.69) is 28.5 Å². The maximum Gasteiger partial charge on any atom is 0.0443 e. The lowest BCUT2D eigenvalue weighted by Crippen LogP contribution is -2.47. The molecule has 18 heavy (non-hydrogen) atoms. The Morgan fingerprint density at radius 3 is 2.22 bits per heavy atom. The Morgan fingerprint density at radius 1 is 1.06 bits per heavy atom. The van der Waals surface area contributed by atoms with Crippen LogP contribution >= 0.6 is 0 Å². The SMILES string of the molecule is C=CCN(CC=C)N(CCCO)CCNCCN. The fourth-order valence-electron chi connectivity index (χ4n) is 1.69. The van der Waals surface area contributed by atoms with Gasteiger partial charge in [0.1, 0.15) is 0 Å². The first kappa shape index (κ1) is 17.3. The zero-order chi connectivity index (χ0) is 13.6. The van der Waals surface area contributed by atoms with Crippen molar-refractivity contribution >= 4 is 0 Å². The van der Waals surface area contributed by atoms with Crippen LogP contribution in [0.1, 0.15) is 6.42 Å². The van der Waals surface area contributed by atoms with E-state index >= 15 is 0 Å². The van der Waals surface area contributed by atoms with Gasteiger partial charge in [0.15, 0.2) is 0 Å². The van der Waals surface area contributed by atoms with Crippen LogP contribution in [0.5, 0.6) is 0 Å². The van der Waals surface area contributed by atoms with E-state index in [4.69, 9.17) is 10.8 Å². The molecule has 0 spiro atoms. The zero-order valence-electron chi connectivity index (χ0n) is 11.4. The van der Waals surface area contributed by atoms with Crippen LogP contribution in [0.15, 0.2) is 25.3 Å². The third kappa shape index (κ3) is 8.38. The van der Waals surface area contributed by atoms with E-state index in [0.717, 1.165) is 45.7 Å². The molecular formula is C13H28N4O. The molecule has 0 aliphatic carbocycles. The molecule has 0 aromatic carbocycles. The summed E-state index contributed by atoms with van der Waals surface area (Å²) in [4.78, 5) is 0. The van der Waals surface area contributed by atoms with E-state index in [0.29, 0.717) is 6.54 Å². The van der Waals surface area contributed by atoms with Crippen LogP contribution < -0.4 is 11.1 Å². The van der Waals surface area contributed by atoms with E-state index < -0.39 is 0 Å². The van der Waals surface area contributed by atoms with Gasteiger partial charge in [0.05, 0.1) is 0 Å². The fourth-order valence-corrected chi connectivity index (χ4v) is 1.69. The minimum atomic E-state index is 0.211. The van der Waals surface area contributed by atoms with Crippen LogP contribution in [-0.2, 0) is 0 Å². The summed E-state index contributed by atoms with van der Waals surface area (Å²) < 4.78 is 0. The van der Waals surface area contributed by atoms with E-state index in [1.54, 1.807) is 0 Å². The average Bonchev–Trinajstić information content (AvgIpc) is 2.38. The summed E-state index contributed by atoms with van der Waals surface area (Å²) in [6, 6.07) is 0. The van der Waals surface area contributed by atoms with E-state index in [1.165, 1.54) is 0 Å². The molecule has 5 heteroatoms. The van der Waals surface area contributed by atoms with Gasteiger partial charge in [0.25, 0.3) is 0 Å². The first-order valence-corrected chi connectivity index (χ1v) is 6.53. The second-order valence-electron chi connectivity index (χ2n) is 4.02. The first-order chi connectivity index (χ1) is 8.79. The second-order valence-corrected chi connectivity index (χ2v) is 4.02. The van der Waals surface area contributed by atoms with Gasteiger partial charge >= 0.3 is 0 Å². The van der Waals surface area contributed by atoms with Crippen molar-refractivity contribution in [2.45, 2.75) is 6.42 Å². The number of nitrogens with two attached hydrogens (primary N) is 1. The molecular weight excluding hydrogens is 228 g/mol. The number of rotatable bonds is 13. The molecule has 0 unspecified atom stereocenters. The van der Waals surface area contributed by atoms with Crippen molar-refractivity contribution in [2.24, 2.45) is 5.73 Å². The van der Waals surface area contributed by atoms with Crippen LogP contribution in [0, 0.1) is 0 Å². The van der Waals surface area contributed by atoms with Gasteiger partial charge in [-0.25, -0.2) is 10.0 Å². The predicted molar refractivity (Wildman–Crippen MR) is 77.2 cm³/mol. The molecule has 0 atom stereocenters. The van der Waals surface area contributed by atoms with Gasteiger partial charge in [-0.3, -0.25) is 0 Å². The van der Waals surface area contributed by atoms with Crippen molar-refractivity contribution in [3.05, 3.63) is 25.3 Å².